The zero-order chi connectivity index (χ0) is 20.9. The molecule has 0 bridgehead atoms. The molecule has 7 nitrogen and oxygen atoms in total. The topological polar surface area (TPSA) is 81.9 Å². The van der Waals surface area contributed by atoms with Crippen LogP contribution >= 0.6 is 11.6 Å². The molecule has 28 heavy (non-hydrogen) atoms. The molecule has 1 heterocycles. The van der Waals surface area contributed by atoms with E-state index in [1.54, 1.807) is 13.8 Å². The Kier molecular flexibility index (Phi) is 7.22. The molecule has 0 amide bonds. The van der Waals surface area contributed by atoms with E-state index in [-0.39, 0.29) is 23.2 Å². The first-order chi connectivity index (χ1) is 13.1. The molecule has 0 aliphatic heterocycles. The molecular weight excluding hydrogens is 399 g/mol. The molecule has 154 valence electrons. The number of carbonyl (C=O) groups is 1. The minimum absolute atomic E-state index is 0.114. The van der Waals surface area contributed by atoms with Crippen LogP contribution in [0.5, 0.6) is 0 Å². The van der Waals surface area contributed by atoms with Gasteiger partial charge in [0.25, 0.3) is 0 Å². The lowest BCUT2D eigenvalue weighted by Gasteiger charge is -2.22. The predicted octanol–water partition coefficient (Wildman–Crippen LogP) is 3.94. The highest BCUT2D eigenvalue weighted by atomic mass is 35.5. The summed E-state index contributed by atoms with van der Waals surface area (Å²) in [6, 6.07) is 2.08. The van der Waals surface area contributed by atoms with Crippen molar-refractivity contribution in [3.63, 3.8) is 0 Å². The molecule has 0 unspecified atom stereocenters. The molecule has 0 aliphatic rings. The summed E-state index contributed by atoms with van der Waals surface area (Å²) in [5.74, 6) is -0.389. The molecular formula is C17H21ClF3N5O2. The van der Waals surface area contributed by atoms with Crippen LogP contribution in [-0.4, -0.2) is 32.2 Å². The number of hydrogen-bond acceptors (Lipinski definition) is 6. The number of aryl methyl sites for hydroxylation is 1. The summed E-state index contributed by atoms with van der Waals surface area (Å²) in [4.78, 5) is 12.5. The summed E-state index contributed by atoms with van der Waals surface area (Å²) in [6.07, 6.45) is -3.68. The maximum Gasteiger partial charge on any atom is 0.416 e. The van der Waals surface area contributed by atoms with E-state index in [0.29, 0.717) is 12.4 Å². The fourth-order valence-corrected chi connectivity index (χ4v) is 2.65. The first-order valence-corrected chi connectivity index (χ1v) is 9.06. The van der Waals surface area contributed by atoms with Gasteiger partial charge in [0.2, 0.25) is 0 Å². The number of halogens is 4. The number of alkyl halides is 3. The van der Waals surface area contributed by atoms with Crippen molar-refractivity contribution in [2.75, 3.05) is 5.32 Å². The van der Waals surface area contributed by atoms with Crippen LogP contribution in [0.2, 0.25) is 5.02 Å². The van der Waals surface area contributed by atoms with E-state index in [2.05, 4.69) is 20.8 Å². The molecule has 1 aromatic heterocycles. The summed E-state index contributed by atoms with van der Waals surface area (Å²) >= 11 is 5.96. The van der Waals surface area contributed by atoms with E-state index in [4.69, 9.17) is 16.3 Å². The average molecular weight is 420 g/mol. The van der Waals surface area contributed by atoms with Crippen LogP contribution in [0.15, 0.2) is 18.2 Å². The number of rotatable bonds is 8. The molecule has 11 heteroatoms. The smallest absolute Gasteiger partial charge is 0.416 e. The fourth-order valence-electron chi connectivity index (χ4n) is 2.41. The third kappa shape index (κ3) is 5.57. The van der Waals surface area contributed by atoms with Gasteiger partial charge in [-0.25, -0.2) is 9.48 Å². The van der Waals surface area contributed by atoms with E-state index in [1.807, 2.05) is 6.92 Å². The Bertz CT molecular complexity index is 810. The quantitative estimate of drug-likeness (QED) is 0.653. The van der Waals surface area contributed by atoms with Gasteiger partial charge in [-0.2, -0.15) is 13.2 Å². The second kappa shape index (κ2) is 9.22. The Morgan fingerprint density at radius 1 is 1.36 bits per heavy atom. The van der Waals surface area contributed by atoms with Gasteiger partial charge in [-0.3, -0.25) is 0 Å². The number of carbonyl (C=O) groups excluding carboxylic acids is 1. The van der Waals surface area contributed by atoms with Crippen LogP contribution in [0.4, 0.5) is 18.9 Å². The van der Waals surface area contributed by atoms with Crippen LogP contribution in [0.3, 0.4) is 0 Å². The monoisotopic (exact) mass is 419 g/mol. The van der Waals surface area contributed by atoms with E-state index in [0.717, 1.165) is 18.6 Å². The summed E-state index contributed by atoms with van der Waals surface area (Å²) in [6.45, 7) is 5.99. The predicted molar refractivity (Wildman–Crippen MR) is 96.6 cm³/mol. The molecule has 1 aromatic carbocycles. The second-order valence-electron chi connectivity index (χ2n) is 6.48. The number of ether oxygens (including phenoxy) is 1. The van der Waals surface area contributed by atoms with Crippen LogP contribution in [0.1, 0.15) is 38.6 Å². The number of anilines is 1. The first-order valence-electron chi connectivity index (χ1n) is 8.68. The van der Waals surface area contributed by atoms with Crippen molar-refractivity contribution < 1.29 is 22.7 Å². The number of nitrogens with zero attached hydrogens (tertiary/aromatic N) is 4. The minimum Gasteiger partial charge on any atom is -0.456 e. The molecule has 1 atom stereocenters. The van der Waals surface area contributed by atoms with Gasteiger partial charge < -0.3 is 10.1 Å². The molecule has 1 N–H and O–H groups in total. The second-order valence-corrected chi connectivity index (χ2v) is 6.89. The first kappa shape index (κ1) is 21.9. The van der Waals surface area contributed by atoms with Gasteiger partial charge >= 0.3 is 12.1 Å². The van der Waals surface area contributed by atoms with Crippen molar-refractivity contribution in [1.29, 1.82) is 0 Å². The summed E-state index contributed by atoms with van der Waals surface area (Å²) < 4.78 is 45.1. The van der Waals surface area contributed by atoms with Crippen molar-refractivity contribution >= 4 is 23.3 Å². The highest BCUT2D eigenvalue weighted by Gasteiger charge is 2.31. The van der Waals surface area contributed by atoms with Crippen molar-refractivity contribution in [3.05, 3.63) is 34.6 Å². The number of tetrazole rings is 1. The zero-order valence-electron chi connectivity index (χ0n) is 15.6. The Hall–Kier alpha value is -2.36. The number of esters is 1. The van der Waals surface area contributed by atoms with Crippen LogP contribution in [0, 0.1) is 5.92 Å². The SMILES string of the molecule is CCCn1nnnc1COC(=O)[C@@H](Nc1ccc(C(F)(F)F)cc1Cl)C(C)C. The van der Waals surface area contributed by atoms with Crippen molar-refractivity contribution in [3.8, 4) is 0 Å². The maximum atomic E-state index is 12.8. The molecule has 0 aliphatic carbocycles. The lowest BCUT2D eigenvalue weighted by atomic mass is 10.0. The third-order valence-electron chi connectivity index (χ3n) is 3.91. The molecule has 2 aromatic rings. The van der Waals surface area contributed by atoms with Gasteiger partial charge in [-0.15, -0.1) is 5.10 Å². The Balaban J connectivity index is 2.08. The van der Waals surface area contributed by atoms with Gasteiger partial charge in [0.1, 0.15) is 6.04 Å². The molecule has 0 fully saturated rings. The van der Waals surface area contributed by atoms with Gasteiger partial charge in [0.05, 0.1) is 16.3 Å². The summed E-state index contributed by atoms with van der Waals surface area (Å²) in [5.41, 5.74) is -0.657. The number of hydrogen-bond donors (Lipinski definition) is 1. The molecule has 0 saturated carbocycles. The molecule has 2 rings (SSSR count). The van der Waals surface area contributed by atoms with E-state index in [9.17, 15) is 18.0 Å². The summed E-state index contributed by atoms with van der Waals surface area (Å²) in [7, 11) is 0. The average Bonchev–Trinajstić information content (AvgIpc) is 3.05. The minimum atomic E-state index is -4.50. The van der Waals surface area contributed by atoms with E-state index in [1.165, 1.54) is 10.7 Å². The van der Waals surface area contributed by atoms with Crippen LogP contribution in [-0.2, 0) is 28.9 Å². The number of nitrogens with one attached hydrogen (secondary N) is 1. The van der Waals surface area contributed by atoms with Gasteiger partial charge in [-0.05, 0) is 41.0 Å². The zero-order valence-corrected chi connectivity index (χ0v) is 16.4. The largest absolute Gasteiger partial charge is 0.456 e. The highest BCUT2D eigenvalue weighted by Crippen LogP contribution is 2.34. The van der Waals surface area contributed by atoms with Crippen molar-refractivity contribution in [2.24, 2.45) is 5.92 Å². The third-order valence-corrected chi connectivity index (χ3v) is 4.23. The lowest BCUT2D eigenvalue weighted by Crippen LogP contribution is -2.36. The highest BCUT2D eigenvalue weighted by molar-refractivity contribution is 6.33. The van der Waals surface area contributed by atoms with Gasteiger partial charge in [0, 0.05) is 6.54 Å². The van der Waals surface area contributed by atoms with E-state index >= 15 is 0 Å². The summed E-state index contributed by atoms with van der Waals surface area (Å²) in [5, 5.41) is 13.9. The Labute approximate surface area is 165 Å². The van der Waals surface area contributed by atoms with Crippen LogP contribution in [0.25, 0.3) is 0 Å². The fraction of sp³-hybridized carbons (Fsp3) is 0.529. The Morgan fingerprint density at radius 3 is 2.64 bits per heavy atom. The normalized spacial score (nSPS) is 12.9. The standard InChI is InChI=1S/C17H21ClF3N5O2/c1-4-7-26-14(23-24-25-26)9-28-16(27)15(10(2)3)22-13-6-5-11(8-12(13)18)17(19,20)21/h5-6,8,10,15,22H,4,7,9H2,1-3H3/t15-/m0/s1. The molecule has 0 saturated heterocycles. The number of aromatic nitrogens is 4. The molecule has 0 spiro atoms. The van der Waals surface area contributed by atoms with Gasteiger partial charge in [-0.1, -0.05) is 32.4 Å². The van der Waals surface area contributed by atoms with Crippen LogP contribution < -0.4 is 5.32 Å². The lowest BCUT2D eigenvalue weighted by molar-refractivity contribution is -0.147. The Morgan fingerprint density at radius 2 is 2.07 bits per heavy atom. The van der Waals surface area contributed by atoms with Crippen molar-refractivity contribution in [2.45, 2.75) is 52.6 Å². The van der Waals surface area contributed by atoms with E-state index < -0.39 is 23.8 Å². The molecule has 0 radical (unpaired) electrons. The maximum absolute atomic E-state index is 12.8. The van der Waals surface area contributed by atoms with Gasteiger partial charge in [0.15, 0.2) is 12.4 Å². The van der Waals surface area contributed by atoms with Crippen molar-refractivity contribution in [1.82, 2.24) is 20.2 Å². The number of benzene rings is 1.